The van der Waals surface area contributed by atoms with Gasteiger partial charge in [-0.1, -0.05) is 13.8 Å². The Bertz CT molecular complexity index is 344. The van der Waals surface area contributed by atoms with Crippen LogP contribution in [-0.2, 0) is 0 Å². The Morgan fingerprint density at radius 2 is 2.18 bits per heavy atom. The van der Waals surface area contributed by atoms with E-state index >= 15 is 0 Å². The van der Waals surface area contributed by atoms with Crippen molar-refractivity contribution in [1.82, 2.24) is 9.97 Å². The quantitative estimate of drug-likeness (QED) is 0.763. The zero-order valence-corrected chi connectivity index (χ0v) is 11.4. The van der Waals surface area contributed by atoms with Crippen molar-refractivity contribution < 1.29 is 4.74 Å². The van der Waals surface area contributed by atoms with Crippen LogP contribution in [0.2, 0.25) is 0 Å². The molecule has 4 nitrogen and oxygen atoms in total. The van der Waals surface area contributed by atoms with Crippen LogP contribution in [-0.4, -0.2) is 29.0 Å². The van der Waals surface area contributed by atoms with Crippen LogP contribution in [0.25, 0.3) is 0 Å². The summed E-state index contributed by atoms with van der Waals surface area (Å²) in [4.78, 5) is 8.17. The first-order chi connectivity index (χ1) is 8.07. The number of ether oxygens (including phenoxy) is 1. The minimum atomic E-state index is 0.151. The number of alkyl halides is 1. The highest BCUT2D eigenvalue weighted by Crippen LogP contribution is 2.21. The molecule has 0 atom stereocenters. The summed E-state index contributed by atoms with van der Waals surface area (Å²) in [6.45, 7) is 7.70. The van der Waals surface area contributed by atoms with Gasteiger partial charge in [0.2, 0.25) is 5.88 Å². The molecule has 0 unspecified atom stereocenters. The molecular formula is C12H20ClN3O. The van der Waals surface area contributed by atoms with E-state index < -0.39 is 0 Å². The molecule has 0 spiro atoms. The maximum Gasteiger partial charge on any atom is 0.218 e. The van der Waals surface area contributed by atoms with Crippen LogP contribution in [0.3, 0.4) is 0 Å². The molecule has 0 radical (unpaired) electrons. The average Bonchev–Trinajstić information content (AvgIpc) is 2.28. The number of anilines is 1. The van der Waals surface area contributed by atoms with Crippen molar-refractivity contribution in [3.63, 3.8) is 0 Å². The number of nitrogens with one attached hydrogen (secondary N) is 1. The monoisotopic (exact) mass is 257 g/mol. The molecule has 0 amide bonds. The van der Waals surface area contributed by atoms with Gasteiger partial charge in [0.25, 0.3) is 0 Å². The van der Waals surface area contributed by atoms with E-state index in [-0.39, 0.29) is 5.41 Å². The van der Waals surface area contributed by atoms with E-state index in [1.54, 1.807) is 6.07 Å². The minimum absolute atomic E-state index is 0.151. The van der Waals surface area contributed by atoms with Gasteiger partial charge in [-0.3, -0.25) is 0 Å². The number of aromatic nitrogens is 2. The molecule has 1 heterocycles. The first-order valence-corrected chi connectivity index (χ1v) is 6.35. The highest BCUT2D eigenvalue weighted by atomic mass is 35.5. The molecule has 0 aliphatic heterocycles. The Labute approximate surface area is 108 Å². The third-order valence-corrected chi connectivity index (χ3v) is 2.64. The van der Waals surface area contributed by atoms with Gasteiger partial charge in [0.15, 0.2) is 0 Å². The fourth-order valence-corrected chi connectivity index (χ4v) is 1.85. The van der Waals surface area contributed by atoms with Crippen LogP contribution in [0.5, 0.6) is 5.88 Å². The van der Waals surface area contributed by atoms with Crippen molar-refractivity contribution >= 4 is 17.4 Å². The number of halogens is 1. The zero-order valence-electron chi connectivity index (χ0n) is 10.7. The Hall–Kier alpha value is -1.03. The van der Waals surface area contributed by atoms with E-state index in [1.165, 1.54) is 6.33 Å². The van der Waals surface area contributed by atoms with Gasteiger partial charge < -0.3 is 10.1 Å². The molecule has 0 saturated heterocycles. The van der Waals surface area contributed by atoms with Crippen LogP contribution in [0, 0.1) is 5.41 Å². The first-order valence-electron chi connectivity index (χ1n) is 5.82. The molecule has 1 rings (SSSR count). The maximum absolute atomic E-state index is 5.76. The molecule has 0 aromatic carbocycles. The smallest absolute Gasteiger partial charge is 0.218 e. The summed E-state index contributed by atoms with van der Waals surface area (Å²) in [6, 6.07) is 1.81. The molecule has 0 aliphatic carbocycles. The summed E-state index contributed by atoms with van der Waals surface area (Å²) in [5.74, 6) is 2.05. The Kier molecular flexibility index (Phi) is 5.48. The topological polar surface area (TPSA) is 47.0 Å². The van der Waals surface area contributed by atoms with E-state index in [4.69, 9.17) is 16.3 Å². The van der Waals surface area contributed by atoms with E-state index in [9.17, 15) is 0 Å². The normalized spacial score (nSPS) is 11.3. The molecule has 96 valence electrons. The number of hydrogen-bond donors (Lipinski definition) is 1. The van der Waals surface area contributed by atoms with Crippen molar-refractivity contribution in [1.29, 1.82) is 0 Å². The van der Waals surface area contributed by atoms with E-state index in [2.05, 4.69) is 29.1 Å². The van der Waals surface area contributed by atoms with Crippen molar-refractivity contribution in [3.05, 3.63) is 12.4 Å². The molecular weight excluding hydrogens is 238 g/mol. The van der Waals surface area contributed by atoms with Crippen LogP contribution in [0.4, 0.5) is 5.82 Å². The van der Waals surface area contributed by atoms with Gasteiger partial charge in [0.1, 0.15) is 12.1 Å². The second-order valence-electron chi connectivity index (χ2n) is 4.63. The average molecular weight is 258 g/mol. The summed E-state index contributed by atoms with van der Waals surface area (Å²) in [5, 5.41) is 3.28. The number of rotatable bonds is 7. The van der Waals surface area contributed by atoms with Gasteiger partial charge in [0.05, 0.1) is 6.61 Å². The molecule has 0 aliphatic rings. The van der Waals surface area contributed by atoms with Crippen LogP contribution < -0.4 is 10.1 Å². The summed E-state index contributed by atoms with van der Waals surface area (Å²) in [5.41, 5.74) is 0.151. The fraction of sp³-hybridized carbons (Fsp3) is 0.667. The lowest BCUT2D eigenvalue weighted by Crippen LogP contribution is -2.24. The van der Waals surface area contributed by atoms with Gasteiger partial charge in [-0.2, -0.15) is 0 Å². The SMILES string of the molecule is CCOc1cc(NCC(C)(C)CCCl)ncn1. The van der Waals surface area contributed by atoms with Gasteiger partial charge in [0, 0.05) is 18.5 Å². The Morgan fingerprint density at radius 1 is 1.41 bits per heavy atom. The van der Waals surface area contributed by atoms with Gasteiger partial charge in [-0.15, -0.1) is 11.6 Å². The predicted molar refractivity (Wildman–Crippen MR) is 70.8 cm³/mol. The minimum Gasteiger partial charge on any atom is -0.478 e. The van der Waals surface area contributed by atoms with E-state index in [1.807, 2.05) is 6.92 Å². The molecule has 0 fully saturated rings. The Morgan fingerprint density at radius 3 is 2.82 bits per heavy atom. The molecule has 1 aromatic heterocycles. The molecule has 1 aromatic rings. The first kappa shape index (κ1) is 14.0. The highest BCUT2D eigenvalue weighted by Gasteiger charge is 2.16. The van der Waals surface area contributed by atoms with Crippen molar-refractivity contribution in [2.75, 3.05) is 24.3 Å². The van der Waals surface area contributed by atoms with Crippen LogP contribution >= 0.6 is 11.6 Å². The largest absolute Gasteiger partial charge is 0.478 e. The van der Waals surface area contributed by atoms with Crippen molar-refractivity contribution in [2.45, 2.75) is 27.2 Å². The predicted octanol–water partition coefficient (Wildman–Crippen LogP) is 2.94. The lowest BCUT2D eigenvalue weighted by atomic mass is 9.90. The van der Waals surface area contributed by atoms with Crippen molar-refractivity contribution in [2.24, 2.45) is 5.41 Å². The second kappa shape index (κ2) is 6.64. The van der Waals surface area contributed by atoms with Gasteiger partial charge >= 0.3 is 0 Å². The lowest BCUT2D eigenvalue weighted by Gasteiger charge is -2.24. The van der Waals surface area contributed by atoms with Crippen LogP contribution in [0.1, 0.15) is 27.2 Å². The second-order valence-corrected chi connectivity index (χ2v) is 5.01. The summed E-state index contributed by atoms with van der Waals surface area (Å²) < 4.78 is 5.31. The van der Waals surface area contributed by atoms with Crippen molar-refractivity contribution in [3.8, 4) is 5.88 Å². The third kappa shape index (κ3) is 5.22. The van der Waals surface area contributed by atoms with Gasteiger partial charge in [-0.05, 0) is 18.8 Å². The highest BCUT2D eigenvalue weighted by molar-refractivity contribution is 6.17. The maximum atomic E-state index is 5.76. The molecule has 0 saturated carbocycles. The molecule has 0 bridgehead atoms. The summed E-state index contributed by atoms with van der Waals surface area (Å²) in [6.07, 6.45) is 2.47. The van der Waals surface area contributed by atoms with Crippen LogP contribution in [0.15, 0.2) is 12.4 Å². The van der Waals surface area contributed by atoms with E-state index in [0.717, 1.165) is 18.8 Å². The summed E-state index contributed by atoms with van der Waals surface area (Å²) >= 11 is 5.76. The zero-order chi connectivity index (χ0) is 12.7. The molecule has 17 heavy (non-hydrogen) atoms. The molecule has 1 N–H and O–H groups in total. The van der Waals surface area contributed by atoms with E-state index in [0.29, 0.717) is 18.4 Å². The number of hydrogen-bond acceptors (Lipinski definition) is 4. The fourth-order valence-electron chi connectivity index (χ4n) is 1.34. The molecule has 5 heteroatoms. The summed E-state index contributed by atoms with van der Waals surface area (Å²) in [7, 11) is 0. The number of nitrogens with zero attached hydrogens (tertiary/aromatic N) is 2. The standard InChI is InChI=1S/C12H20ClN3O/c1-4-17-11-7-10(15-9-16-11)14-8-12(2,3)5-6-13/h7,9H,4-6,8H2,1-3H3,(H,14,15,16). The Balaban J connectivity index is 2.53. The third-order valence-electron chi connectivity index (χ3n) is 2.45. The van der Waals surface area contributed by atoms with Gasteiger partial charge in [-0.25, -0.2) is 9.97 Å². The lowest BCUT2D eigenvalue weighted by molar-refractivity contribution is 0.326.